The number of aromatic nitrogens is 3. The molecule has 0 aliphatic rings. The number of nitriles is 1. The van der Waals surface area contributed by atoms with Crippen molar-refractivity contribution in [1.82, 2.24) is 15.0 Å². The first-order chi connectivity index (χ1) is 23.7. The summed E-state index contributed by atoms with van der Waals surface area (Å²) in [5.74, 6) is 0. The fourth-order valence-electron chi connectivity index (χ4n) is 6.04. The van der Waals surface area contributed by atoms with E-state index in [1.165, 1.54) is 11.1 Å². The van der Waals surface area contributed by atoms with Gasteiger partial charge in [-0.1, -0.05) is 121 Å². The molecule has 8 aromatic rings. The number of benzene rings is 6. The Morgan fingerprint density at radius 2 is 0.812 bits per heavy atom. The second-order valence-corrected chi connectivity index (χ2v) is 11.6. The summed E-state index contributed by atoms with van der Waals surface area (Å²) in [5.41, 5.74) is 14.0. The minimum absolute atomic E-state index is 0.602. The first-order valence-corrected chi connectivity index (χ1v) is 15.8. The summed E-state index contributed by atoms with van der Waals surface area (Å²) in [6.07, 6.45) is 0. The Hall–Kier alpha value is -6.70. The van der Waals surface area contributed by atoms with Gasteiger partial charge in [-0.25, -0.2) is 15.0 Å². The van der Waals surface area contributed by atoms with E-state index in [0.717, 1.165) is 67.2 Å². The van der Waals surface area contributed by atoms with Gasteiger partial charge in [0.1, 0.15) is 0 Å². The van der Waals surface area contributed by atoms with E-state index in [2.05, 4.69) is 103 Å². The monoisotopic (exact) mass is 612 g/mol. The van der Waals surface area contributed by atoms with Crippen molar-refractivity contribution in [1.29, 1.82) is 5.26 Å². The van der Waals surface area contributed by atoms with Gasteiger partial charge in [-0.05, 0) is 70.8 Å². The van der Waals surface area contributed by atoms with Crippen molar-refractivity contribution in [2.24, 2.45) is 0 Å². The second-order valence-electron chi connectivity index (χ2n) is 11.6. The highest BCUT2D eigenvalue weighted by atomic mass is 14.8. The molecule has 6 aromatic carbocycles. The fourth-order valence-corrected chi connectivity index (χ4v) is 6.04. The minimum atomic E-state index is 0.602. The molecule has 0 bridgehead atoms. The van der Waals surface area contributed by atoms with Crippen LogP contribution in [0.3, 0.4) is 0 Å². The van der Waals surface area contributed by atoms with E-state index in [1.54, 1.807) is 0 Å². The topological polar surface area (TPSA) is 62.5 Å². The third-order valence-corrected chi connectivity index (χ3v) is 8.49. The van der Waals surface area contributed by atoms with Gasteiger partial charge in [0.2, 0.25) is 0 Å². The maximum atomic E-state index is 9.38. The molecule has 0 N–H and O–H groups in total. The van der Waals surface area contributed by atoms with Gasteiger partial charge in [0, 0.05) is 22.3 Å². The molecule has 2 aromatic heterocycles. The SMILES string of the molecule is N#Cc1ccc(-c2nc3ccccc3nc2-c2cccc(-c3cc(-c4cccc(-c5ccccc5)c4)cc(-c4ccccc4)n3)c2)cc1. The molecule has 48 heavy (non-hydrogen) atoms. The molecule has 0 aliphatic carbocycles. The second kappa shape index (κ2) is 12.6. The van der Waals surface area contributed by atoms with E-state index >= 15 is 0 Å². The molecule has 4 nitrogen and oxygen atoms in total. The number of hydrogen-bond donors (Lipinski definition) is 0. The van der Waals surface area contributed by atoms with Crippen LogP contribution in [0.25, 0.3) is 78.3 Å². The first-order valence-electron chi connectivity index (χ1n) is 15.8. The summed E-state index contributed by atoms with van der Waals surface area (Å²) in [6.45, 7) is 0. The Morgan fingerprint density at radius 1 is 0.333 bits per heavy atom. The zero-order valence-corrected chi connectivity index (χ0v) is 26.0. The van der Waals surface area contributed by atoms with Gasteiger partial charge in [0.15, 0.2) is 0 Å². The molecule has 0 fully saturated rings. The predicted molar refractivity (Wildman–Crippen MR) is 195 cm³/mol. The van der Waals surface area contributed by atoms with Crippen LogP contribution in [-0.2, 0) is 0 Å². The van der Waals surface area contributed by atoms with Crippen LogP contribution in [0.2, 0.25) is 0 Å². The lowest BCUT2D eigenvalue weighted by Gasteiger charge is -2.14. The Kier molecular flexibility index (Phi) is 7.54. The van der Waals surface area contributed by atoms with E-state index < -0.39 is 0 Å². The molecule has 224 valence electrons. The fraction of sp³-hybridized carbons (Fsp3) is 0. The predicted octanol–water partition coefficient (Wildman–Crippen LogP) is 10.9. The number of rotatable bonds is 6. The van der Waals surface area contributed by atoms with Crippen molar-refractivity contribution < 1.29 is 0 Å². The molecule has 0 spiro atoms. The third kappa shape index (κ3) is 5.73. The standard InChI is InChI=1S/C44H28N4/c45-29-30-21-23-33(24-22-30)43-44(48-40-20-8-7-19-39(40)47-43)37-18-10-17-36(26-37)42-28-38(27-41(46-42)32-13-5-2-6-14-32)35-16-9-15-34(25-35)31-11-3-1-4-12-31/h1-28H. The zero-order valence-electron chi connectivity index (χ0n) is 26.0. The quantitative estimate of drug-likeness (QED) is 0.187. The summed E-state index contributed by atoms with van der Waals surface area (Å²) in [5, 5.41) is 9.38. The van der Waals surface area contributed by atoms with Crippen LogP contribution < -0.4 is 0 Å². The van der Waals surface area contributed by atoms with Gasteiger partial charge in [-0.3, -0.25) is 0 Å². The van der Waals surface area contributed by atoms with Crippen LogP contribution in [0.5, 0.6) is 0 Å². The van der Waals surface area contributed by atoms with Crippen molar-refractivity contribution in [2.45, 2.75) is 0 Å². The van der Waals surface area contributed by atoms with Gasteiger partial charge in [-0.2, -0.15) is 5.26 Å². The van der Waals surface area contributed by atoms with E-state index in [1.807, 2.05) is 72.8 Å². The van der Waals surface area contributed by atoms with Gasteiger partial charge in [0.25, 0.3) is 0 Å². The molecule has 0 saturated carbocycles. The zero-order chi connectivity index (χ0) is 32.3. The molecule has 4 heteroatoms. The van der Waals surface area contributed by atoms with Gasteiger partial charge >= 0.3 is 0 Å². The highest BCUT2D eigenvalue weighted by molar-refractivity contribution is 5.88. The van der Waals surface area contributed by atoms with E-state index in [0.29, 0.717) is 5.56 Å². The van der Waals surface area contributed by atoms with E-state index in [-0.39, 0.29) is 0 Å². The number of hydrogen-bond acceptors (Lipinski definition) is 4. The Labute approximate surface area is 279 Å². The molecular formula is C44H28N4. The van der Waals surface area contributed by atoms with Crippen molar-refractivity contribution in [3.05, 3.63) is 175 Å². The van der Waals surface area contributed by atoms with Crippen molar-refractivity contribution in [2.75, 3.05) is 0 Å². The lowest BCUT2D eigenvalue weighted by atomic mass is 9.96. The summed E-state index contributed by atoms with van der Waals surface area (Å²) in [6, 6.07) is 59.8. The molecule has 8 rings (SSSR count). The smallest absolute Gasteiger partial charge is 0.0991 e. The van der Waals surface area contributed by atoms with Crippen molar-refractivity contribution >= 4 is 11.0 Å². The lowest BCUT2D eigenvalue weighted by Crippen LogP contribution is -1.96. The summed E-state index contributed by atoms with van der Waals surface area (Å²) >= 11 is 0. The van der Waals surface area contributed by atoms with Crippen LogP contribution in [0, 0.1) is 11.3 Å². The minimum Gasteiger partial charge on any atom is -0.248 e. The lowest BCUT2D eigenvalue weighted by molar-refractivity contribution is 1.29. The van der Waals surface area contributed by atoms with Crippen molar-refractivity contribution in [3.63, 3.8) is 0 Å². The summed E-state index contributed by atoms with van der Waals surface area (Å²) < 4.78 is 0. The number of pyridine rings is 1. The third-order valence-electron chi connectivity index (χ3n) is 8.49. The van der Waals surface area contributed by atoms with E-state index in [4.69, 9.17) is 15.0 Å². The molecule has 0 amide bonds. The van der Waals surface area contributed by atoms with Gasteiger partial charge in [0.05, 0.1) is 45.4 Å². The molecular weight excluding hydrogens is 585 g/mol. The highest BCUT2D eigenvalue weighted by Crippen LogP contribution is 2.36. The average molecular weight is 613 g/mol. The normalized spacial score (nSPS) is 10.9. The number of fused-ring (bicyclic) bond motifs is 1. The van der Waals surface area contributed by atoms with Crippen LogP contribution >= 0.6 is 0 Å². The highest BCUT2D eigenvalue weighted by Gasteiger charge is 2.16. The summed E-state index contributed by atoms with van der Waals surface area (Å²) in [4.78, 5) is 15.4. The summed E-state index contributed by atoms with van der Waals surface area (Å²) in [7, 11) is 0. The van der Waals surface area contributed by atoms with Crippen LogP contribution in [0.1, 0.15) is 5.56 Å². The molecule has 0 unspecified atom stereocenters. The Bertz CT molecular complexity index is 2450. The largest absolute Gasteiger partial charge is 0.248 e. The molecule has 0 atom stereocenters. The maximum absolute atomic E-state index is 9.38. The van der Waals surface area contributed by atoms with Crippen molar-refractivity contribution in [3.8, 4) is 73.4 Å². The van der Waals surface area contributed by atoms with Gasteiger partial charge in [-0.15, -0.1) is 0 Å². The molecule has 2 heterocycles. The van der Waals surface area contributed by atoms with Crippen LogP contribution in [0.15, 0.2) is 170 Å². The van der Waals surface area contributed by atoms with Crippen LogP contribution in [0.4, 0.5) is 0 Å². The Balaban J connectivity index is 1.28. The molecule has 0 saturated heterocycles. The first kappa shape index (κ1) is 28.8. The average Bonchev–Trinajstić information content (AvgIpc) is 3.18. The van der Waals surface area contributed by atoms with Gasteiger partial charge < -0.3 is 0 Å². The maximum Gasteiger partial charge on any atom is 0.0991 e. The van der Waals surface area contributed by atoms with Crippen LogP contribution in [-0.4, -0.2) is 15.0 Å². The number of nitrogens with zero attached hydrogens (tertiary/aromatic N) is 4. The number of para-hydroxylation sites is 2. The van der Waals surface area contributed by atoms with E-state index in [9.17, 15) is 5.26 Å². The molecule has 0 aliphatic heterocycles. The Morgan fingerprint density at radius 3 is 1.46 bits per heavy atom. The molecule has 0 radical (unpaired) electrons.